The Hall–Kier alpha value is -0.990. The van der Waals surface area contributed by atoms with Crippen molar-refractivity contribution in [2.24, 2.45) is 0 Å². The highest BCUT2D eigenvalue weighted by Crippen LogP contribution is 2.20. The van der Waals surface area contributed by atoms with Gasteiger partial charge in [0.2, 0.25) is 0 Å². The van der Waals surface area contributed by atoms with E-state index in [1.807, 2.05) is 30.1 Å². The molecule has 0 aliphatic heterocycles. The molecular weight excluding hydrogens is 150 g/mol. The van der Waals surface area contributed by atoms with Crippen LogP contribution in [0.3, 0.4) is 0 Å². The molecule has 0 aliphatic carbocycles. The Bertz CT molecular complexity index is 255. The second-order valence-electron chi connectivity index (χ2n) is 4.25. The SMILES string of the molecule is CN(C)n1cc(C(C)(C)C)cn1. The number of hydrogen-bond acceptors (Lipinski definition) is 2. The summed E-state index contributed by atoms with van der Waals surface area (Å²) in [4.78, 5) is 1.83. The first-order chi connectivity index (χ1) is 5.41. The topological polar surface area (TPSA) is 21.1 Å². The standard InChI is InChI=1S/C9H17N3/c1-9(2,3)8-6-10-12(7-8)11(4)5/h6-7H,1-5H3. The molecule has 0 N–H and O–H groups in total. The van der Waals surface area contributed by atoms with Crippen LogP contribution in [0.2, 0.25) is 0 Å². The highest BCUT2D eigenvalue weighted by Gasteiger charge is 2.15. The molecule has 3 nitrogen and oxygen atoms in total. The number of aromatic nitrogens is 2. The monoisotopic (exact) mass is 167 g/mol. The molecule has 0 amide bonds. The summed E-state index contributed by atoms with van der Waals surface area (Å²) in [6.45, 7) is 6.55. The zero-order chi connectivity index (χ0) is 9.35. The Morgan fingerprint density at radius 2 is 1.92 bits per heavy atom. The van der Waals surface area contributed by atoms with Crippen molar-refractivity contribution in [2.75, 3.05) is 19.1 Å². The molecule has 1 aromatic rings. The zero-order valence-electron chi connectivity index (χ0n) is 8.50. The van der Waals surface area contributed by atoms with E-state index in [2.05, 4.69) is 32.1 Å². The van der Waals surface area contributed by atoms with Crippen LogP contribution in [0.5, 0.6) is 0 Å². The van der Waals surface area contributed by atoms with E-state index in [0.717, 1.165) is 0 Å². The third-order valence-corrected chi connectivity index (χ3v) is 1.85. The van der Waals surface area contributed by atoms with E-state index < -0.39 is 0 Å². The Kier molecular flexibility index (Phi) is 2.13. The van der Waals surface area contributed by atoms with Crippen LogP contribution in [-0.2, 0) is 5.41 Å². The van der Waals surface area contributed by atoms with Gasteiger partial charge in [0.05, 0.1) is 12.4 Å². The van der Waals surface area contributed by atoms with Gasteiger partial charge in [0.25, 0.3) is 0 Å². The van der Waals surface area contributed by atoms with Crippen LogP contribution in [-0.4, -0.2) is 24.0 Å². The molecule has 0 atom stereocenters. The highest BCUT2D eigenvalue weighted by molar-refractivity contribution is 5.15. The van der Waals surface area contributed by atoms with Gasteiger partial charge in [-0.05, 0) is 11.0 Å². The quantitative estimate of drug-likeness (QED) is 0.630. The second-order valence-corrected chi connectivity index (χ2v) is 4.25. The third kappa shape index (κ3) is 1.78. The smallest absolute Gasteiger partial charge is 0.0548 e. The lowest BCUT2D eigenvalue weighted by Crippen LogP contribution is -2.25. The van der Waals surface area contributed by atoms with Gasteiger partial charge in [0, 0.05) is 14.1 Å². The Labute approximate surface area is 74.0 Å². The van der Waals surface area contributed by atoms with E-state index in [1.165, 1.54) is 5.56 Å². The molecule has 1 aromatic heterocycles. The summed E-state index contributed by atoms with van der Waals surface area (Å²) >= 11 is 0. The lowest BCUT2D eigenvalue weighted by Gasteiger charge is -2.16. The van der Waals surface area contributed by atoms with E-state index >= 15 is 0 Å². The summed E-state index contributed by atoms with van der Waals surface area (Å²) in [6.07, 6.45) is 3.97. The fourth-order valence-electron chi connectivity index (χ4n) is 0.918. The molecule has 68 valence electrons. The van der Waals surface area contributed by atoms with Crippen molar-refractivity contribution in [1.29, 1.82) is 0 Å². The lowest BCUT2D eigenvalue weighted by molar-refractivity contribution is 0.585. The summed E-state index contributed by atoms with van der Waals surface area (Å²) in [5.74, 6) is 0. The first kappa shape index (κ1) is 9.10. The fourth-order valence-corrected chi connectivity index (χ4v) is 0.918. The fraction of sp³-hybridized carbons (Fsp3) is 0.667. The Balaban J connectivity index is 2.92. The average molecular weight is 167 g/mol. The first-order valence-electron chi connectivity index (χ1n) is 4.14. The molecule has 0 unspecified atom stereocenters. The summed E-state index contributed by atoms with van der Waals surface area (Å²) in [7, 11) is 3.94. The predicted octanol–water partition coefficient (Wildman–Crippen LogP) is 1.38. The molecular formula is C9H17N3. The van der Waals surface area contributed by atoms with Crippen molar-refractivity contribution in [2.45, 2.75) is 26.2 Å². The van der Waals surface area contributed by atoms with Crippen molar-refractivity contribution in [3.05, 3.63) is 18.0 Å². The highest BCUT2D eigenvalue weighted by atomic mass is 15.6. The Morgan fingerprint density at radius 3 is 2.17 bits per heavy atom. The van der Waals surface area contributed by atoms with Crippen LogP contribution in [0, 0.1) is 0 Å². The molecule has 0 aromatic carbocycles. The average Bonchev–Trinajstić information content (AvgIpc) is 2.30. The van der Waals surface area contributed by atoms with Crippen molar-refractivity contribution in [3.8, 4) is 0 Å². The molecule has 0 radical (unpaired) electrons. The molecule has 0 saturated carbocycles. The van der Waals surface area contributed by atoms with Crippen LogP contribution in [0.15, 0.2) is 12.4 Å². The minimum atomic E-state index is 0.189. The van der Waals surface area contributed by atoms with Crippen LogP contribution in [0.1, 0.15) is 26.3 Å². The summed E-state index contributed by atoms with van der Waals surface area (Å²) < 4.78 is 0. The van der Waals surface area contributed by atoms with Crippen molar-refractivity contribution >= 4 is 0 Å². The molecule has 3 heteroatoms. The molecule has 0 bridgehead atoms. The van der Waals surface area contributed by atoms with Gasteiger partial charge in [-0.3, -0.25) is 0 Å². The summed E-state index contributed by atoms with van der Waals surface area (Å²) in [5, 5.41) is 6.16. The van der Waals surface area contributed by atoms with Gasteiger partial charge in [-0.25, -0.2) is 0 Å². The molecule has 0 fully saturated rings. The minimum Gasteiger partial charge on any atom is -0.303 e. The van der Waals surface area contributed by atoms with E-state index in [-0.39, 0.29) is 5.41 Å². The van der Waals surface area contributed by atoms with Gasteiger partial charge in [-0.1, -0.05) is 20.8 Å². The van der Waals surface area contributed by atoms with Gasteiger partial charge in [-0.2, -0.15) is 9.89 Å². The molecule has 0 saturated heterocycles. The maximum atomic E-state index is 4.22. The van der Waals surface area contributed by atoms with E-state index in [4.69, 9.17) is 0 Å². The van der Waals surface area contributed by atoms with Crippen molar-refractivity contribution < 1.29 is 0 Å². The predicted molar refractivity (Wildman–Crippen MR) is 51.0 cm³/mol. The van der Waals surface area contributed by atoms with E-state index in [1.54, 1.807) is 0 Å². The molecule has 1 rings (SSSR count). The van der Waals surface area contributed by atoms with Crippen molar-refractivity contribution in [1.82, 2.24) is 9.89 Å². The lowest BCUT2D eigenvalue weighted by atomic mass is 9.90. The van der Waals surface area contributed by atoms with Gasteiger partial charge >= 0.3 is 0 Å². The second kappa shape index (κ2) is 2.81. The molecule has 1 heterocycles. The van der Waals surface area contributed by atoms with Gasteiger partial charge in [0.1, 0.15) is 0 Å². The van der Waals surface area contributed by atoms with Crippen LogP contribution < -0.4 is 5.01 Å². The molecule has 0 spiro atoms. The van der Waals surface area contributed by atoms with E-state index in [0.29, 0.717) is 0 Å². The summed E-state index contributed by atoms with van der Waals surface area (Å²) in [5.41, 5.74) is 1.45. The van der Waals surface area contributed by atoms with Gasteiger partial charge in [0.15, 0.2) is 0 Å². The van der Waals surface area contributed by atoms with Crippen LogP contribution >= 0.6 is 0 Å². The largest absolute Gasteiger partial charge is 0.303 e. The van der Waals surface area contributed by atoms with Crippen LogP contribution in [0.25, 0.3) is 0 Å². The van der Waals surface area contributed by atoms with Crippen LogP contribution in [0.4, 0.5) is 0 Å². The number of nitrogens with zero attached hydrogens (tertiary/aromatic N) is 3. The molecule has 0 aliphatic rings. The normalized spacial score (nSPS) is 11.8. The maximum absolute atomic E-state index is 4.22. The van der Waals surface area contributed by atoms with Gasteiger partial charge < -0.3 is 5.01 Å². The number of rotatable bonds is 1. The maximum Gasteiger partial charge on any atom is 0.0548 e. The van der Waals surface area contributed by atoms with E-state index in [9.17, 15) is 0 Å². The number of hydrogen-bond donors (Lipinski definition) is 0. The zero-order valence-corrected chi connectivity index (χ0v) is 8.50. The first-order valence-corrected chi connectivity index (χ1v) is 4.14. The van der Waals surface area contributed by atoms with Gasteiger partial charge in [-0.15, -0.1) is 0 Å². The summed E-state index contributed by atoms with van der Waals surface area (Å²) in [6, 6.07) is 0. The Morgan fingerprint density at radius 1 is 1.33 bits per heavy atom. The minimum absolute atomic E-state index is 0.189. The third-order valence-electron chi connectivity index (χ3n) is 1.85. The van der Waals surface area contributed by atoms with Crippen molar-refractivity contribution in [3.63, 3.8) is 0 Å². The molecule has 12 heavy (non-hydrogen) atoms.